The monoisotopic (exact) mass is 134 g/mol. The first-order valence-corrected chi connectivity index (χ1v) is 3.02. The van der Waals surface area contributed by atoms with Gasteiger partial charge < -0.3 is 5.73 Å². The van der Waals surface area contributed by atoms with Gasteiger partial charge >= 0.3 is 0 Å². The molecule has 2 N–H and O–H groups in total. The molecule has 0 fully saturated rings. The van der Waals surface area contributed by atoms with Gasteiger partial charge in [0.25, 0.3) is 0 Å². The van der Waals surface area contributed by atoms with Gasteiger partial charge in [-0.2, -0.15) is 0 Å². The smallest absolute Gasteiger partial charge is 0.217 e. The Morgan fingerprint density at radius 1 is 1.75 bits per heavy atom. The molecule has 0 aliphatic heterocycles. The average molecular weight is 134 g/mol. The first-order valence-electron chi connectivity index (χ1n) is 2.25. The van der Waals surface area contributed by atoms with Crippen LogP contribution in [0.25, 0.3) is 0 Å². The van der Waals surface area contributed by atoms with Crippen molar-refractivity contribution in [1.82, 2.24) is 4.31 Å². The minimum Gasteiger partial charge on any atom is -0.323 e. The Hall–Kier alpha value is -0.0600. The first-order chi connectivity index (χ1) is 3.66. The highest BCUT2D eigenvalue weighted by atomic mass is 32.2. The molecule has 0 aliphatic rings. The molecule has 48 valence electrons. The van der Waals surface area contributed by atoms with Crippen molar-refractivity contribution in [2.24, 2.45) is 5.73 Å². The lowest BCUT2D eigenvalue weighted by atomic mass is 10.8. The van der Waals surface area contributed by atoms with E-state index in [4.69, 9.17) is 5.73 Å². The quantitative estimate of drug-likeness (QED) is 0.526. The van der Waals surface area contributed by atoms with Crippen molar-refractivity contribution < 1.29 is 4.79 Å². The van der Waals surface area contributed by atoms with Crippen LogP contribution in [-0.2, 0) is 4.79 Å². The Balaban J connectivity index is 3.25. The van der Waals surface area contributed by atoms with Crippen molar-refractivity contribution in [3.8, 4) is 0 Å². The van der Waals surface area contributed by atoms with Crippen molar-refractivity contribution in [3.05, 3.63) is 0 Å². The summed E-state index contributed by atoms with van der Waals surface area (Å²) in [6, 6.07) is 0. The molecule has 3 nitrogen and oxygen atoms in total. The summed E-state index contributed by atoms with van der Waals surface area (Å²) in [7, 11) is 3.61. The minimum absolute atomic E-state index is 0.00463. The van der Waals surface area contributed by atoms with Crippen LogP contribution in [0.2, 0.25) is 0 Å². The van der Waals surface area contributed by atoms with Gasteiger partial charge in [0.15, 0.2) is 0 Å². The second-order valence-corrected chi connectivity index (χ2v) is 2.85. The van der Waals surface area contributed by atoms with Crippen LogP contribution in [0.15, 0.2) is 0 Å². The highest BCUT2D eigenvalue weighted by Gasteiger charge is 1.98. The Kier molecular flexibility index (Phi) is 3.85. The average Bonchev–Trinajstić information content (AvgIpc) is 1.65. The van der Waals surface area contributed by atoms with Crippen molar-refractivity contribution in [2.75, 3.05) is 20.6 Å². The molecule has 0 atom stereocenters. The summed E-state index contributed by atoms with van der Waals surface area (Å²) in [5, 5.41) is -0.00463. The molecule has 0 aromatic carbocycles. The fourth-order valence-electron chi connectivity index (χ4n) is 0.241. The van der Waals surface area contributed by atoms with Gasteiger partial charge in [-0.3, -0.25) is 9.10 Å². The molecule has 0 amide bonds. The van der Waals surface area contributed by atoms with Crippen LogP contribution < -0.4 is 5.73 Å². The van der Waals surface area contributed by atoms with Crippen molar-refractivity contribution in [1.29, 1.82) is 0 Å². The van der Waals surface area contributed by atoms with E-state index in [-0.39, 0.29) is 11.7 Å². The number of hydrogen-bond donors (Lipinski definition) is 1. The van der Waals surface area contributed by atoms with Gasteiger partial charge in [0.1, 0.15) is 0 Å². The molecule has 0 aromatic rings. The van der Waals surface area contributed by atoms with Crippen LogP contribution in [0.1, 0.15) is 0 Å². The molecule has 0 unspecified atom stereocenters. The van der Waals surface area contributed by atoms with Crippen LogP contribution in [0.4, 0.5) is 0 Å². The van der Waals surface area contributed by atoms with E-state index in [1.807, 2.05) is 0 Å². The predicted octanol–water partition coefficient (Wildman–Crippen LogP) is -0.318. The molecule has 0 heterocycles. The van der Waals surface area contributed by atoms with Gasteiger partial charge in [0.2, 0.25) is 5.12 Å². The SMILES string of the molecule is CN(C)SC(=O)CN. The Labute approximate surface area is 53.4 Å². The van der Waals surface area contributed by atoms with Gasteiger partial charge in [0, 0.05) is 0 Å². The lowest BCUT2D eigenvalue weighted by Crippen LogP contribution is -2.14. The fraction of sp³-hybridized carbons (Fsp3) is 0.750. The van der Waals surface area contributed by atoms with E-state index in [9.17, 15) is 4.79 Å². The molecule has 0 aromatic heterocycles. The van der Waals surface area contributed by atoms with Gasteiger partial charge in [-0.1, -0.05) is 0 Å². The Bertz CT molecular complexity index is 84.1. The summed E-state index contributed by atoms with van der Waals surface area (Å²) < 4.78 is 1.72. The zero-order valence-corrected chi connectivity index (χ0v) is 5.86. The molecule has 4 heteroatoms. The Morgan fingerprint density at radius 3 is 2.38 bits per heavy atom. The maximum absolute atomic E-state index is 10.4. The van der Waals surface area contributed by atoms with E-state index < -0.39 is 0 Å². The van der Waals surface area contributed by atoms with Gasteiger partial charge in [-0.15, -0.1) is 0 Å². The van der Waals surface area contributed by atoms with E-state index >= 15 is 0 Å². The summed E-state index contributed by atoms with van der Waals surface area (Å²) in [5.74, 6) is 0. The third-order valence-corrected chi connectivity index (χ3v) is 1.19. The van der Waals surface area contributed by atoms with Crippen LogP contribution in [0.3, 0.4) is 0 Å². The van der Waals surface area contributed by atoms with Crippen LogP contribution >= 0.6 is 11.9 Å². The van der Waals surface area contributed by atoms with Crippen molar-refractivity contribution in [3.63, 3.8) is 0 Å². The number of carbonyl (C=O) groups is 1. The largest absolute Gasteiger partial charge is 0.323 e. The number of nitrogens with zero attached hydrogens (tertiary/aromatic N) is 1. The van der Waals surface area contributed by atoms with Crippen LogP contribution in [0.5, 0.6) is 0 Å². The molecule has 0 saturated heterocycles. The van der Waals surface area contributed by atoms with Crippen LogP contribution in [-0.4, -0.2) is 30.1 Å². The molecule has 0 aliphatic carbocycles. The second-order valence-electron chi connectivity index (χ2n) is 1.48. The topological polar surface area (TPSA) is 46.3 Å². The summed E-state index contributed by atoms with van der Waals surface area (Å²) in [4.78, 5) is 10.4. The number of nitrogens with two attached hydrogens (primary N) is 1. The predicted molar refractivity (Wildman–Crippen MR) is 35.3 cm³/mol. The zero-order valence-electron chi connectivity index (χ0n) is 5.05. The van der Waals surface area contributed by atoms with E-state index in [0.717, 1.165) is 11.9 Å². The van der Waals surface area contributed by atoms with E-state index in [0.29, 0.717) is 0 Å². The summed E-state index contributed by atoms with van der Waals surface area (Å²) in [6.45, 7) is 0.114. The lowest BCUT2D eigenvalue weighted by molar-refractivity contribution is -0.109. The molecular formula is C4H10N2OS. The zero-order chi connectivity index (χ0) is 6.57. The number of rotatable bonds is 2. The highest BCUT2D eigenvalue weighted by Crippen LogP contribution is 2.01. The summed E-state index contributed by atoms with van der Waals surface area (Å²) in [6.07, 6.45) is 0. The lowest BCUT2D eigenvalue weighted by Gasteiger charge is -2.03. The van der Waals surface area contributed by atoms with Gasteiger partial charge in [0.05, 0.1) is 6.54 Å². The van der Waals surface area contributed by atoms with E-state index in [1.165, 1.54) is 0 Å². The van der Waals surface area contributed by atoms with E-state index in [2.05, 4.69) is 0 Å². The molecule has 8 heavy (non-hydrogen) atoms. The van der Waals surface area contributed by atoms with E-state index in [1.54, 1.807) is 18.4 Å². The molecule has 0 rings (SSSR count). The first kappa shape index (κ1) is 7.94. The summed E-state index contributed by atoms with van der Waals surface area (Å²) >= 11 is 1.12. The standard InChI is InChI=1S/C4H10N2OS/c1-6(2)8-4(7)3-5/h3,5H2,1-2H3. The van der Waals surface area contributed by atoms with Crippen molar-refractivity contribution in [2.45, 2.75) is 0 Å². The number of hydrogen-bond acceptors (Lipinski definition) is 4. The molecule has 0 saturated carbocycles. The van der Waals surface area contributed by atoms with Gasteiger partial charge in [-0.25, -0.2) is 0 Å². The number of carbonyl (C=O) groups excluding carboxylic acids is 1. The molecule has 0 bridgehead atoms. The third kappa shape index (κ3) is 4.11. The third-order valence-electron chi connectivity index (χ3n) is 0.451. The Morgan fingerprint density at radius 2 is 2.25 bits per heavy atom. The fourth-order valence-corrected chi connectivity index (χ4v) is 0.723. The maximum Gasteiger partial charge on any atom is 0.217 e. The normalized spacial score (nSPS) is 10.0. The highest BCUT2D eigenvalue weighted by molar-refractivity contribution is 8.11. The summed E-state index contributed by atoms with van der Waals surface area (Å²) in [5.41, 5.74) is 5.02. The minimum atomic E-state index is -0.00463. The molecule has 0 radical (unpaired) electrons. The molecular weight excluding hydrogens is 124 g/mol. The van der Waals surface area contributed by atoms with Crippen molar-refractivity contribution >= 4 is 17.1 Å². The van der Waals surface area contributed by atoms with Gasteiger partial charge in [-0.05, 0) is 26.0 Å². The second kappa shape index (κ2) is 3.88. The maximum atomic E-state index is 10.4. The molecule has 0 spiro atoms. The van der Waals surface area contributed by atoms with Crippen LogP contribution in [0, 0.1) is 0 Å².